The number of pyridine rings is 1. The highest BCUT2D eigenvalue weighted by Gasteiger charge is 2.14. The largest absolute Gasteiger partial charge is 0.497 e. The molecule has 2 aromatic carbocycles. The molecule has 23 heavy (non-hydrogen) atoms. The SMILES string of the molecule is COc1ccc2nc(C)c(C(=O)Oc3cccc(C)c3)cc2c1. The van der Waals surface area contributed by atoms with Gasteiger partial charge in [0.05, 0.1) is 23.9 Å². The third-order valence-electron chi connectivity index (χ3n) is 3.63. The highest BCUT2D eigenvalue weighted by atomic mass is 16.5. The van der Waals surface area contributed by atoms with Gasteiger partial charge in [-0.2, -0.15) is 0 Å². The molecule has 0 amide bonds. The average molecular weight is 307 g/mol. The third-order valence-corrected chi connectivity index (χ3v) is 3.63. The van der Waals surface area contributed by atoms with Crippen LogP contribution in [0.5, 0.6) is 11.5 Å². The van der Waals surface area contributed by atoms with E-state index in [4.69, 9.17) is 9.47 Å². The van der Waals surface area contributed by atoms with Crippen LogP contribution in [0.4, 0.5) is 0 Å². The second-order valence-corrected chi connectivity index (χ2v) is 5.39. The highest BCUT2D eigenvalue weighted by Crippen LogP contribution is 2.23. The standard InChI is InChI=1S/C19H17NO3/c1-12-5-4-6-16(9-12)23-19(21)17-11-14-10-15(22-3)7-8-18(14)20-13(17)2/h4-11H,1-3H3. The third kappa shape index (κ3) is 3.16. The van der Waals surface area contributed by atoms with E-state index in [0.717, 1.165) is 22.2 Å². The van der Waals surface area contributed by atoms with Gasteiger partial charge in [0.2, 0.25) is 0 Å². The van der Waals surface area contributed by atoms with Crippen LogP contribution in [0, 0.1) is 13.8 Å². The van der Waals surface area contributed by atoms with Gasteiger partial charge in [-0.05, 0) is 55.8 Å². The molecule has 0 aliphatic heterocycles. The van der Waals surface area contributed by atoms with Crippen LogP contribution in [-0.4, -0.2) is 18.1 Å². The number of carbonyl (C=O) groups excluding carboxylic acids is 1. The van der Waals surface area contributed by atoms with Gasteiger partial charge in [-0.1, -0.05) is 12.1 Å². The highest BCUT2D eigenvalue weighted by molar-refractivity contribution is 5.96. The fourth-order valence-electron chi connectivity index (χ4n) is 2.43. The number of aromatic nitrogens is 1. The molecule has 0 radical (unpaired) electrons. The Labute approximate surface area is 134 Å². The molecule has 1 heterocycles. The molecule has 0 saturated carbocycles. The van der Waals surface area contributed by atoms with Gasteiger partial charge in [0.25, 0.3) is 0 Å². The predicted molar refractivity (Wildman–Crippen MR) is 89.2 cm³/mol. The summed E-state index contributed by atoms with van der Waals surface area (Å²) in [5.74, 6) is 0.839. The number of rotatable bonds is 3. The lowest BCUT2D eigenvalue weighted by Crippen LogP contribution is -2.11. The van der Waals surface area contributed by atoms with Crippen LogP contribution in [0.1, 0.15) is 21.6 Å². The van der Waals surface area contributed by atoms with Crippen LogP contribution in [0.15, 0.2) is 48.5 Å². The molecule has 3 rings (SSSR count). The zero-order valence-corrected chi connectivity index (χ0v) is 13.3. The predicted octanol–water partition coefficient (Wildman–Crippen LogP) is 4.08. The monoisotopic (exact) mass is 307 g/mol. The first-order valence-electron chi connectivity index (χ1n) is 7.31. The average Bonchev–Trinajstić information content (AvgIpc) is 2.53. The molecule has 4 heteroatoms. The van der Waals surface area contributed by atoms with E-state index >= 15 is 0 Å². The van der Waals surface area contributed by atoms with Crippen molar-refractivity contribution in [2.24, 2.45) is 0 Å². The number of methoxy groups -OCH3 is 1. The summed E-state index contributed by atoms with van der Waals surface area (Å²) in [4.78, 5) is 16.9. The molecule has 0 spiro atoms. The zero-order valence-electron chi connectivity index (χ0n) is 13.3. The van der Waals surface area contributed by atoms with E-state index in [1.165, 1.54) is 0 Å². The number of benzene rings is 2. The lowest BCUT2D eigenvalue weighted by atomic mass is 10.1. The maximum absolute atomic E-state index is 12.5. The zero-order chi connectivity index (χ0) is 16.4. The van der Waals surface area contributed by atoms with Crippen LogP contribution in [-0.2, 0) is 0 Å². The van der Waals surface area contributed by atoms with Gasteiger partial charge in [0.15, 0.2) is 0 Å². The molecule has 0 aliphatic carbocycles. The maximum Gasteiger partial charge on any atom is 0.345 e. The van der Waals surface area contributed by atoms with Crippen LogP contribution in [0.3, 0.4) is 0 Å². The van der Waals surface area contributed by atoms with E-state index in [1.54, 1.807) is 26.2 Å². The molecule has 0 aliphatic rings. The van der Waals surface area contributed by atoms with E-state index in [-0.39, 0.29) is 0 Å². The lowest BCUT2D eigenvalue weighted by Gasteiger charge is -2.09. The minimum Gasteiger partial charge on any atom is -0.497 e. The molecule has 0 bridgehead atoms. The van der Waals surface area contributed by atoms with E-state index in [0.29, 0.717) is 17.0 Å². The van der Waals surface area contributed by atoms with Gasteiger partial charge < -0.3 is 9.47 Å². The number of hydrogen-bond donors (Lipinski definition) is 0. The number of hydrogen-bond acceptors (Lipinski definition) is 4. The molecule has 0 saturated heterocycles. The number of esters is 1. The van der Waals surface area contributed by atoms with Crippen molar-refractivity contribution >= 4 is 16.9 Å². The molecule has 116 valence electrons. The van der Waals surface area contributed by atoms with E-state index in [1.807, 2.05) is 43.3 Å². The Balaban J connectivity index is 1.97. The first-order valence-corrected chi connectivity index (χ1v) is 7.31. The van der Waals surface area contributed by atoms with Gasteiger partial charge in [-0.15, -0.1) is 0 Å². The smallest absolute Gasteiger partial charge is 0.345 e. The molecular formula is C19H17NO3. The molecule has 0 fully saturated rings. The Kier molecular flexibility index (Phi) is 3.98. The summed E-state index contributed by atoms with van der Waals surface area (Å²) in [7, 11) is 1.61. The summed E-state index contributed by atoms with van der Waals surface area (Å²) in [5.41, 5.74) is 2.94. The van der Waals surface area contributed by atoms with Gasteiger partial charge >= 0.3 is 5.97 Å². The first kappa shape index (κ1) is 15.0. The second-order valence-electron chi connectivity index (χ2n) is 5.39. The Morgan fingerprint density at radius 3 is 2.57 bits per heavy atom. The lowest BCUT2D eigenvalue weighted by molar-refractivity contribution is 0.0733. The van der Waals surface area contributed by atoms with Crippen molar-refractivity contribution in [3.05, 3.63) is 65.4 Å². The molecule has 3 aromatic rings. The van der Waals surface area contributed by atoms with Crippen LogP contribution in [0.25, 0.3) is 10.9 Å². The number of fused-ring (bicyclic) bond motifs is 1. The van der Waals surface area contributed by atoms with Crippen molar-refractivity contribution in [1.29, 1.82) is 0 Å². The van der Waals surface area contributed by atoms with Crippen molar-refractivity contribution in [1.82, 2.24) is 4.98 Å². The number of nitrogens with zero attached hydrogens (tertiary/aromatic N) is 1. The van der Waals surface area contributed by atoms with Crippen molar-refractivity contribution < 1.29 is 14.3 Å². The number of ether oxygens (including phenoxy) is 2. The summed E-state index contributed by atoms with van der Waals surface area (Å²) >= 11 is 0. The summed E-state index contributed by atoms with van der Waals surface area (Å²) < 4.78 is 10.7. The van der Waals surface area contributed by atoms with Crippen molar-refractivity contribution in [2.75, 3.05) is 7.11 Å². The molecule has 0 N–H and O–H groups in total. The minimum atomic E-state index is -0.412. The van der Waals surface area contributed by atoms with Crippen LogP contribution >= 0.6 is 0 Å². The minimum absolute atomic E-state index is 0.412. The van der Waals surface area contributed by atoms with Gasteiger partial charge in [-0.25, -0.2) is 4.79 Å². The molecule has 0 atom stereocenters. The normalized spacial score (nSPS) is 10.6. The van der Waals surface area contributed by atoms with E-state index in [2.05, 4.69) is 4.98 Å². The fourth-order valence-corrected chi connectivity index (χ4v) is 2.43. The Hall–Kier alpha value is -2.88. The number of aryl methyl sites for hydroxylation is 2. The number of carbonyl (C=O) groups is 1. The van der Waals surface area contributed by atoms with Crippen LogP contribution in [0.2, 0.25) is 0 Å². The summed E-state index contributed by atoms with van der Waals surface area (Å²) in [6.07, 6.45) is 0. The molecule has 0 unspecified atom stereocenters. The van der Waals surface area contributed by atoms with Crippen molar-refractivity contribution in [3.63, 3.8) is 0 Å². The Morgan fingerprint density at radius 2 is 1.83 bits per heavy atom. The summed E-state index contributed by atoms with van der Waals surface area (Å²) in [5, 5.41) is 0.839. The van der Waals surface area contributed by atoms with Gasteiger partial charge in [0.1, 0.15) is 11.5 Å². The molecule has 4 nitrogen and oxygen atoms in total. The van der Waals surface area contributed by atoms with Crippen molar-refractivity contribution in [3.8, 4) is 11.5 Å². The second kappa shape index (κ2) is 6.08. The maximum atomic E-state index is 12.5. The first-order chi connectivity index (χ1) is 11.1. The summed E-state index contributed by atoms with van der Waals surface area (Å²) in [6.45, 7) is 3.75. The molecular weight excluding hydrogens is 290 g/mol. The van der Waals surface area contributed by atoms with E-state index < -0.39 is 5.97 Å². The van der Waals surface area contributed by atoms with Gasteiger partial charge in [-0.3, -0.25) is 4.98 Å². The Morgan fingerprint density at radius 1 is 1.00 bits per heavy atom. The van der Waals surface area contributed by atoms with Gasteiger partial charge in [0, 0.05) is 5.39 Å². The van der Waals surface area contributed by atoms with Crippen molar-refractivity contribution in [2.45, 2.75) is 13.8 Å². The van der Waals surface area contributed by atoms with E-state index in [9.17, 15) is 4.79 Å². The topological polar surface area (TPSA) is 48.4 Å². The van der Waals surface area contributed by atoms with Crippen LogP contribution < -0.4 is 9.47 Å². The quantitative estimate of drug-likeness (QED) is 0.540. The Bertz CT molecular complexity index is 887. The fraction of sp³-hybridized carbons (Fsp3) is 0.158. The molecule has 1 aromatic heterocycles. The summed E-state index contributed by atoms with van der Waals surface area (Å²) in [6, 6.07) is 14.8.